The Bertz CT molecular complexity index is 607. The molecular formula is C17H21N3. The lowest BCUT2D eigenvalue weighted by Crippen LogP contribution is -2.32. The number of nitrogens with one attached hydrogen (secondary N) is 1. The number of hydrogen-bond acceptors (Lipinski definition) is 3. The van der Waals surface area contributed by atoms with E-state index in [9.17, 15) is 0 Å². The number of nitrogens with zero attached hydrogens (tertiary/aromatic N) is 1. The molecule has 3 rings (SSSR count). The van der Waals surface area contributed by atoms with Crippen LogP contribution in [0.5, 0.6) is 0 Å². The van der Waals surface area contributed by atoms with Crippen molar-refractivity contribution in [3.63, 3.8) is 0 Å². The molecule has 1 aromatic carbocycles. The van der Waals surface area contributed by atoms with Gasteiger partial charge < -0.3 is 11.1 Å². The molecule has 3 heteroatoms. The van der Waals surface area contributed by atoms with E-state index < -0.39 is 0 Å². The van der Waals surface area contributed by atoms with Crippen molar-refractivity contribution >= 4 is 22.5 Å². The summed E-state index contributed by atoms with van der Waals surface area (Å²) in [7, 11) is 0. The van der Waals surface area contributed by atoms with Crippen molar-refractivity contribution in [1.29, 1.82) is 0 Å². The molecule has 20 heavy (non-hydrogen) atoms. The molecule has 1 aromatic heterocycles. The molecule has 0 saturated heterocycles. The molecule has 1 saturated carbocycles. The average molecular weight is 267 g/mol. The number of aromatic nitrogens is 1. The van der Waals surface area contributed by atoms with E-state index in [0.717, 1.165) is 36.6 Å². The van der Waals surface area contributed by atoms with Gasteiger partial charge in [-0.3, -0.25) is 4.98 Å². The fourth-order valence-corrected chi connectivity index (χ4v) is 3.02. The van der Waals surface area contributed by atoms with Gasteiger partial charge in [-0.1, -0.05) is 24.8 Å². The van der Waals surface area contributed by atoms with Crippen LogP contribution in [-0.2, 0) is 0 Å². The van der Waals surface area contributed by atoms with Crippen molar-refractivity contribution in [2.45, 2.75) is 37.8 Å². The Morgan fingerprint density at radius 2 is 2.00 bits per heavy atom. The highest BCUT2D eigenvalue weighted by atomic mass is 14.9. The maximum Gasteiger partial charge on any atom is 0.0429 e. The summed E-state index contributed by atoms with van der Waals surface area (Å²) in [4.78, 5) is 4.27. The molecule has 1 fully saturated rings. The summed E-state index contributed by atoms with van der Waals surface area (Å²) in [5.41, 5.74) is 8.24. The maximum atomic E-state index is 5.98. The molecular weight excluding hydrogens is 246 g/mol. The summed E-state index contributed by atoms with van der Waals surface area (Å²) in [5.74, 6) is 0. The topological polar surface area (TPSA) is 50.9 Å². The third kappa shape index (κ3) is 2.54. The highest BCUT2D eigenvalue weighted by Crippen LogP contribution is 2.29. The summed E-state index contributed by atoms with van der Waals surface area (Å²) in [6.45, 7) is 3.89. The number of hydrogen-bond donors (Lipinski definition) is 2. The average Bonchev–Trinajstić information content (AvgIpc) is 2.49. The molecule has 0 unspecified atom stereocenters. The number of anilines is 1. The monoisotopic (exact) mass is 267 g/mol. The molecule has 0 bridgehead atoms. The quantitative estimate of drug-likeness (QED) is 0.894. The number of benzene rings is 1. The fourth-order valence-electron chi connectivity index (χ4n) is 3.02. The van der Waals surface area contributed by atoms with Crippen molar-refractivity contribution in [1.82, 2.24) is 4.98 Å². The predicted molar refractivity (Wildman–Crippen MR) is 85.7 cm³/mol. The van der Waals surface area contributed by atoms with E-state index in [4.69, 9.17) is 5.73 Å². The molecule has 104 valence electrons. The Labute approximate surface area is 119 Å². The summed E-state index contributed by atoms with van der Waals surface area (Å²) >= 11 is 0. The van der Waals surface area contributed by atoms with E-state index in [1.807, 2.05) is 18.5 Å². The largest absolute Gasteiger partial charge is 0.382 e. The Morgan fingerprint density at radius 1 is 1.20 bits per heavy atom. The fraction of sp³-hybridized carbons (Fsp3) is 0.353. The Balaban J connectivity index is 1.93. The number of rotatable bonds is 3. The molecule has 1 aliphatic carbocycles. The lowest BCUT2D eigenvalue weighted by molar-refractivity contribution is 0.411. The lowest BCUT2D eigenvalue weighted by atomic mass is 9.91. The van der Waals surface area contributed by atoms with Crippen LogP contribution in [-0.4, -0.2) is 17.1 Å². The number of fused-ring (bicyclic) bond motifs is 1. The minimum Gasteiger partial charge on any atom is -0.382 e. The van der Waals surface area contributed by atoms with Gasteiger partial charge >= 0.3 is 0 Å². The van der Waals surface area contributed by atoms with Crippen LogP contribution < -0.4 is 11.1 Å². The van der Waals surface area contributed by atoms with Gasteiger partial charge in [0.1, 0.15) is 0 Å². The van der Waals surface area contributed by atoms with Crippen molar-refractivity contribution < 1.29 is 0 Å². The van der Waals surface area contributed by atoms with Crippen LogP contribution in [0.25, 0.3) is 16.8 Å². The smallest absolute Gasteiger partial charge is 0.0429 e. The van der Waals surface area contributed by atoms with Crippen LogP contribution in [0.2, 0.25) is 0 Å². The third-order valence-corrected chi connectivity index (χ3v) is 4.16. The van der Waals surface area contributed by atoms with Crippen LogP contribution in [0.4, 0.5) is 5.69 Å². The van der Waals surface area contributed by atoms with Gasteiger partial charge in [0.2, 0.25) is 0 Å². The molecule has 2 aromatic rings. The minimum absolute atomic E-state index is 0.383. The van der Waals surface area contributed by atoms with Gasteiger partial charge in [-0.15, -0.1) is 0 Å². The molecule has 3 nitrogen and oxygen atoms in total. The molecule has 3 N–H and O–H groups in total. The standard InChI is InChI=1S/C17H21N3/c1-2-12-10-19-11-13-4-3-5-16(17(12)13)20-15-8-6-14(18)7-9-15/h2-5,10-11,14-15,20H,1,6-9,18H2/t14-,15+. The van der Waals surface area contributed by atoms with Crippen LogP contribution in [0.3, 0.4) is 0 Å². The summed E-state index contributed by atoms with van der Waals surface area (Å²) in [6.07, 6.45) is 10.2. The van der Waals surface area contributed by atoms with Crippen molar-refractivity contribution in [2.75, 3.05) is 5.32 Å². The van der Waals surface area contributed by atoms with Crippen LogP contribution in [0.1, 0.15) is 31.2 Å². The van der Waals surface area contributed by atoms with Crippen molar-refractivity contribution in [2.24, 2.45) is 5.73 Å². The van der Waals surface area contributed by atoms with Gasteiger partial charge in [-0.2, -0.15) is 0 Å². The summed E-state index contributed by atoms with van der Waals surface area (Å²) in [6, 6.07) is 7.22. The molecule has 1 heterocycles. The molecule has 0 spiro atoms. The second-order valence-corrected chi connectivity index (χ2v) is 5.59. The van der Waals surface area contributed by atoms with Gasteiger partial charge in [0.15, 0.2) is 0 Å². The normalized spacial score (nSPS) is 22.6. The first-order chi connectivity index (χ1) is 9.78. The highest BCUT2D eigenvalue weighted by molar-refractivity contribution is 5.99. The second-order valence-electron chi connectivity index (χ2n) is 5.59. The second kappa shape index (κ2) is 5.63. The van der Waals surface area contributed by atoms with E-state index in [1.165, 1.54) is 11.1 Å². The zero-order valence-electron chi connectivity index (χ0n) is 11.7. The maximum absolute atomic E-state index is 5.98. The van der Waals surface area contributed by atoms with E-state index in [0.29, 0.717) is 12.1 Å². The molecule has 0 radical (unpaired) electrons. The lowest BCUT2D eigenvalue weighted by Gasteiger charge is -2.28. The number of pyridine rings is 1. The van der Waals surface area contributed by atoms with Gasteiger partial charge in [0, 0.05) is 46.5 Å². The molecule has 1 aliphatic rings. The van der Waals surface area contributed by atoms with E-state index in [2.05, 4.69) is 35.1 Å². The first kappa shape index (κ1) is 13.1. The molecule has 0 amide bonds. The Kier molecular flexibility index (Phi) is 3.70. The SMILES string of the molecule is C=Cc1cncc2cccc(N[C@H]3CC[C@@H](N)CC3)c12. The van der Waals surface area contributed by atoms with Crippen molar-refractivity contribution in [3.05, 3.63) is 42.7 Å². The third-order valence-electron chi connectivity index (χ3n) is 4.16. The van der Waals surface area contributed by atoms with E-state index in [-0.39, 0.29) is 0 Å². The highest BCUT2D eigenvalue weighted by Gasteiger charge is 2.19. The van der Waals surface area contributed by atoms with Crippen LogP contribution in [0.15, 0.2) is 37.2 Å². The summed E-state index contributed by atoms with van der Waals surface area (Å²) in [5, 5.41) is 6.06. The van der Waals surface area contributed by atoms with Crippen LogP contribution in [0, 0.1) is 0 Å². The van der Waals surface area contributed by atoms with Gasteiger partial charge in [0.05, 0.1) is 0 Å². The zero-order valence-corrected chi connectivity index (χ0v) is 11.7. The van der Waals surface area contributed by atoms with Crippen LogP contribution >= 0.6 is 0 Å². The zero-order chi connectivity index (χ0) is 13.9. The summed E-state index contributed by atoms with van der Waals surface area (Å²) < 4.78 is 0. The first-order valence-electron chi connectivity index (χ1n) is 7.29. The molecule has 0 atom stereocenters. The molecule has 0 aliphatic heterocycles. The van der Waals surface area contributed by atoms with E-state index >= 15 is 0 Å². The Hall–Kier alpha value is -1.87. The van der Waals surface area contributed by atoms with Gasteiger partial charge in [-0.05, 0) is 31.7 Å². The van der Waals surface area contributed by atoms with Crippen molar-refractivity contribution in [3.8, 4) is 0 Å². The Morgan fingerprint density at radius 3 is 2.75 bits per heavy atom. The predicted octanol–water partition coefficient (Wildman–Crippen LogP) is 3.56. The van der Waals surface area contributed by atoms with Gasteiger partial charge in [0.25, 0.3) is 0 Å². The first-order valence-corrected chi connectivity index (χ1v) is 7.29. The minimum atomic E-state index is 0.383. The number of nitrogens with two attached hydrogens (primary N) is 1. The van der Waals surface area contributed by atoms with E-state index in [1.54, 1.807) is 0 Å². The van der Waals surface area contributed by atoms with Gasteiger partial charge in [-0.25, -0.2) is 0 Å².